The predicted molar refractivity (Wildman–Crippen MR) is 89.4 cm³/mol. The number of rotatable bonds is 2. The van der Waals surface area contributed by atoms with Crippen LogP contribution in [0.1, 0.15) is 52.0 Å². The van der Waals surface area contributed by atoms with E-state index in [1.165, 1.54) is 5.56 Å². The molecule has 22 heavy (non-hydrogen) atoms. The zero-order valence-corrected chi connectivity index (χ0v) is 14.0. The molecule has 0 amide bonds. The van der Waals surface area contributed by atoms with E-state index in [-0.39, 0.29) is 18.3 Å². The summed E-state index contributed by atoms with van der Waals surface area (Å²) in [5, 5.41) is 0. The molecule has 3 rings (SSSR count). The molecule has 120 valence electrons. The number of nitrogens with two attached hydrogens (primary N) is 1. The van der Waals surface area contributed by atoms with Gasteiger partial charge in [0.25, 0.3) is 0 Å². The number of anilines is 1. The van der Waals surface area contributed by atoms with Crippen LogP contribution in [0.2, 0.25) is 0 Å². The number of hydrogen-bond donors (Lipinski definition) is 1. The monoisotopic (exact) mass is 303 g/mol. The third-order valence-corrected chi connectivity index (χ3v) is 5.22. The summed E-state index contributed by atoms with van der Waals surface area (Å²) in [5.74, 6) is 0.367. The molecule has 1 aromatic carbocycles. The highest BCUT2D eigenvalue weighted by atomic mass is 16.7. The largest absolute Gasteiger partial charge is 0.495 e. The topological polar surface area (TPSA) is 53.7 Å². The van der Waals surface area contributed by atoms with Crippen molar-refractivity contribution in [2.45, 2.75) is 57.7 Å². The first-order chi connectivity index (χ1) is 10.3. The lowest BCUT2D eigenvalue weighted by molar-refractivity contribution is 0.00578. The summed E-state index contributed by atoms with van der Waals surface area (Å²) in [6, 6.07) is 6.02. The van der Waals surface area contributed by atoms with E-state index in [0.29, 0.717) is 5.92 Å². The number of hydrogen-bond acceptors (Lipinski definition) is 4. The van der Waals surface area contributed by atoms with Crippen LogP contribution in [0.5, 0.6) is 0 Å². The minimum atomic E-state index is -0.345. The lowest BCUT2D eigenvalue weighted by Crippen LogP contribution is -2.41. The van der Waals surface area contributed by atoms with Crippen LogP contribution in [0, 0.1) is 0 Å². The minimum absolute atomic E-state index is 0.334. The van der Waals surface area contributed by atoms with Crippen molar-refractivity contribution < 1.29 is 14.0 Å². The van der Waals surface area contributed by atoms with Gasteiger partial charge in [0.2, 0.25) is 0 Å². The molecule has 0 spiro atoms. The van der Waals surface area contributed by atoms with Gasteiger partial charge in [-0.1, -0.05) is 6.07 Å². The molecule has 5 heteroatoms. The maximum Gasteiger partial charge on any atom is 0.495 e. The molecule has 1 aromatic rings. The maximum atomic E-state index is 6.22. The Morgan fingerprint density at radius 2 is 1.82 bits per heavy atom. The number of nitrogen functional groups attached to an aromatic ring is 1. The molecule has 1 unspecified atom stereocenters. The third-order valence-electron chi connectivity index (χ3n) is 5.22. The minimum Gasteiger partial charge on any atom is -0.399 e. The smallest absolute Gasteiger partial charge is 0.399 e. The van der Waals surface area contributed by atoms with Gasteiger partial charge in [0, 0.05) is 18.2 Å². The van der Waals surface area contributed by atoms with Crippen molar-refractivity contribution in [3.63, 3.8) is 0 Å². The lowest BCUT2D eigenvalue weighted by Gasteiger charge is -2.32. The normalized spacial score (nSPS) is 27.1. The Labute approximate surface area is 133 Å². The molecule has 2 aliphatic heterocycles. The van der Waals surface area contributed by atoms with E-state index in [1.54, 1.807) is 0 Å². The fourth-order valence-corrected chi connectivity index (χ4v) is 3.12. The van der Waals surface area contributed by atoms with Gasteiger partial charge in [0.05, 0.1) is 17.8 Å². The fraction of sp³-hybridized carbons (Fsp3) is 0.647. The van der Waals surface area contributed by atoms with E-state index in [4.69, 9.17) is 19.8 Å². The molecule has 0 radical (unpaired) electrons. The molecule has 2 heterocycles. The van der Waals surface area contributed by atoms with Crippen molar-refractivity contribution in [2.75, 3.05) is 18.9 Å². The predicted octanol–water partition coefficient (Wildman–Crippen LogP) is 2.46. The van der Waals surface area contributed by atoms with Crippen molar-refractivity contribution in [3.8, 4) is 0 Å². The van der Waals surface area contributed by atoms with Crippen LogP contribution in [0.25, 0.3) is 0 Å². The standard InChI is InChI=1S/C17H26BNO3/c1-16(2)17(3,4)22-18(21-16)15-8-7-13(19)10-14(15)12-6-5-9-20-11-12/h7-8,10,12H,5-6,9,11,19H2,1-4H3. The summed E-state index contributed by atoms with van der Waals surface area (Å²) < 4.78 is 18.1. The highest BCUT2D eigenvalue weighted by Gasteiger charge is 2.52. The van der Waals surface area contributed by atoms with Gasteiger partial charge in [-0.05, 0) is 63.7 Å². The average molecular weight is 303 g/mol. The van der Waals surface area contributed by atoms with Gasteiger partial charge in [-0.3, -0.25) is 0 Å². The van der Waals surface area contributed by atoms with Crippen molar-refractivity contribution in [1.82, 2.24) is 0 Å². The summed E-state index contributed by atoms with van der Waals surface area (Å²) in [7, 11) is -0.345. The molecule has 2 aliphatic rings. The molecule has 1 atom stereocenters. The van der Waals surface area contributed by atoms with Crippen molar-refractivity contribution >= 4 is 18.3 Å². The molecule has 2 N–H and O–H groups in total. The number of ether oxygens (including phenoxy) is 1. The Kier molecular flexibility index (Phi) is 4.00. The van der Waals surface area contributed by atoms with Gasteiger partial charge < -0.3 is 19.8 Å². The SMILES string of the molecule is CC1(C)OB(c2ccc(N)cc2C2CCCOC2)OC1(C)C. The van der Waals surface area contributed by atoms with E-state index in [1.807, 2.05) is 12.1 Å². The zero-order valence-electron chi connectivity index (χ0n) is 14.0. The van der Waals surface area contributed by atoms with Crippen LogP contribution in [0.4, 0.5) is 5.69 Å². The summed E-state index contributed by atoms with van der Waals surface area (Å²) in [5.41, 5.74) is 8.42. The molecule has 0 saturated carbocycles. The van der Waals surface area contributed by atoms with E-state index in [2.05, 4.69) is 33.8 Å². The molecule has 4 nitrogen and oxygen atoms in total. The van der Waals surface area contributed by atoms with Gasteiger partial charge in [-0.15, -0.1) is 0 Å². The summed E-state index contributed by atoms with van der Waals surface area (Å²) >= 11 is 0. The summed E-state index contributed by atoms with van der Waals surface area (Å²) in [6.45, 7) is 9.91. The second-order valence-corrected chi connectivity index (χ2v) is 7.39. The molecule has 2 fully saturated rings. The first-order valence-corrected chi connectivity index (χ1v) is 8.13. The van der Waals surface area contributed by atoms with Crippen LogP contribution >= 0.6 is 0 Å². The fourth-order valence-electron chi connectivity index (χ4n) is 3.12. The van der Waals surface area contributed by atoms with E-state index in [0.717, 1.165) is 37.2 Å². The van der Waals surface area contributed by atoms with Crippen molar-refractivity contribution in [1.29, 1.82) is 0 Å². The maximum absolute atomic E-state index is 6.22. The van der Waals surface area contributed by atoms with E-state index < -0.39 is 0 Å². The highest BCUT2D eigenvalue weighted by Crippen LogP contribution is 2.37. The molecule has 2 saturated heterocycles. The van der Waals surface area contributed by atoms with Crippen LogP contribution in [-0.4, -0.2) is 31.5 Å². The third kappa shape index (κ3) is 2.77. The second kappa shape index (κ2) is 5.55. The van der Waals surface area contributed by atoms with Gasteiger partial charge in [0.15, 0.2) is 0 Å². The van der Waals surface area contributed by atoms with Gasteiger partial charge in [-0.2, -0.15) is 0 Å². The van der Waals surface area contributed by atoms with Crippen LogP contribution < -0.4 is 11.2 Å². The molecule has 0 aromatic heterocycles. The van der Waals surface area contributed by atoms with Crippen LogP contribution in [0.3, 0.4) is 0 Å². The number of benzene rings is 1. The van der Waals surface area contributed by atoms with Gasteiger partial charge in [-0.25, -0.2) is 0 Å². The second-order valence-electron chi connectivity index (χ2n) is 7.39. The zero-order chi connectivity index (χ0) is 16.0. The van der Waals surface area contributed by atoms with E-state index >= 15 is 0 Å². The Hall–Kier alpha value is -1.04. The van der Waals surface area contributed by atoms with Gasteiger partial charge >= 0.3 is 7.12 Å². The Morgan fingerprint density at radius 3 is 2.41 bits per heavy atom. The first-order valence-electron chi connectivity index (χ1n) is 8.13. The van der Waals surface area contributed by atoms with Crippen LogP contribution in [0.15, 0.2) is 18.2 Å². The molecule has 0 bridgehead atoms. The summed E-state index contributed by atoms with van der Waals surface area (Å²) in [6.07, 6.45) is 2.21. The molecule has 0 aliphatic carbocycles. The lowest BCUT2D eigenvalue weighted by atomic mass is 9.72. The Morgan fingerprint density at radius 1 is 1.14 bits per heavy atom. The van der Waals surface area contributed by atoms with Crippen molar-refractivity contribution in [3.05, 3.63) is 23.8 Å². The molecular weight excluding hydrogens is 277 g/mol. The Bertz CT molecular complexity index is 537. The van der Waals surface area contributed by atoms with Crippen LogP contribution in [-0.2, 0) is 14.0 Å². The Balaban J connectivity index is 1.94. The van der Waals surface area contributed by atoms with Gasteiger partial charge in [0.1, 0.15) is 0 Å². The summed E-state index contributed by atoms with van der Waals surface area (Å²) in [4.78, 5) is 0. The molecular formula is C17H26BNO3. The highest BCUT2D eigenvalue weighted by molar-refractivity contribution is 6.62. The van der Waals surface area contributed by atoms with Crippen molar-refractivity contribution in [2.24, 2.45) is 0 Å². The van der Waals surface area contributed by atoms with E-state index in [9.17, 15) is 0 Å². The quantitative estimate of drug-likeness (QED) is 0.673. The average Bonchev–Trinajstić information content (AvgIpc) is 2.68. The first kappa shape index (κ1) is 15.8.